The van der Waals surface area contributed by atoms with Crippen molar-refractivity contribution in [2.45, 2.75) is 24.8 Å². The van der Waals surface area contributed by atoms with Crippen LogP contribution in [0.2, 0.25) is 0 Å². The third kappa shape index (κ3) is 4.94. The van der Waals surface area contributed by atoms with Crippen LogP contribution in [-0.2, 0) is 10.0 Å². The van der Waals surface area contributed by atoms with Crippen LogP contribution in [0.4, 0.5) is 5.69 Å². The molecule has 9 heteroatoms. The summed E-state index contributed by atoms with van der Waals surface area (Å²) in [5, 5.41) is 2.93. The molecular formula is C25H26N2O6S. The number of carbonyl (C=O) groups is 1. The number of rotatable bonds is 7. The van der Waals surface area contributed by atoms with Crippen molar-refractivity contribution in [1.29, 1.82) is 0 Å². The minimum Gasteiger partial charge on any atom is -0.496 e. The minimum absolute atomic E-state index is 0.00447. The summed E-state index contributed by atoms with van der Waals surface area (Å²) >= 11 is 0. The number of sulfonamides is 1. The fourth-order valence-electron chi connectivity index (χ4n) is 3.71. The van der Waals surface area contributed by atoms with Gasteiger partial charge in [0.05, 0.1) is 29.3 Å². The molecule has 1 atom stereocenters. The number of methoxy groups -OCH3 is 1. The maximum absolute atomic E-state index is 13.1. The van der Waals surface area contributed by atoms with E-state index in [1.807, 2.05) is 32.0 Å². The Bertz CT molecular complexity index is 1320. The molecule has 0 spiro atoms. The van der Waals surface area contributed by atoms with Crippen LogP contribution in [0.3, 0.4) is 0 Å². The SMILES string of the molecule is COc1ccc(C)cc1C(C)NC(=O)c1ccccc1NS(=O)(=O)c1ccc2c(c1)OCCO2. The van der Waals surface area contributed by atoms with Gasteiger partial charge in [-0.3, -0.25) is 9.52 Å². The van der Waals surface area contributed by atoms with Gasteiger partial charge in [-0.2, -0.15) is 0 Å². The molecule has 0 fully saturated rings. The van der Waals surface area contributed by atoms with Crippen molar-refractivity contribution >= 4 is 21.6 Å². The van der Waals surface area contributed by atoms with Gasteiger partial charge in [-0.1, -0.05) is 29.8 Å². The van der Waals surface area contributed by atoms with E-state index in [0.717, 1.165) is 11.1 Å². The van der Waals surface area contributed by atoms with Gasteiger partial charge in [0.1, 0.15) is 19.0 Å². The molecule has 0 saturated carbocycles. The molecule has 0 bridgehead atoms. The summed E-state index contributed by atoms with van der Waals surface area (Å²) in [5.74, 6) is 1.09. The Labute approximate surface area is 198 Å². The highest BCUT2D eigenvalue weighted by atomic mass is 32.2. The lowest BCUT2D eigenvalue weighted by molar-refractivity contribution is 0.0940. The van der Waals surface area contributed by atoms with E-state index in [1.54, 1.807) is 37.4 Å². The van der Waals surface area contributed by atoms with E-state index in [2.05, 4.69) is 10.0 Å². The van der Waals surface area contributed by atoms with E-state index in [1.165, 1.54) is 12.1 Å². The summed E-state index contributed by atoms with van der Waals surface area (Å²) in [6.45, 7) is 4.56. The first-order valence-corrected chi connectivity index (χ1v) is 12.2. The minimum atomic E-state index is -3.99. The number of hydrogen-bond acceptors (Lipinski definition) is 6. The monoisotopic (exact) mass is 482 g/mol. The molecule has 3 aromatic rings. The van der Waals surface area contributed by atoms with Crippen molar-refractivity contribution in [2.24, 2.45) is 0 Å². The van der Waals surface area contributed by atoms with Gasteiger partial charge in [0.25, 0.3) is 15.9 Å². The average Bonchev–Trinajstić information content (AvgIpc) is 2.83. The number of aryl methyl sites for hydroxylation is 1. The number of amides is 1. The molecule has 0 aromatic heterocycles. The summed E-state index contributed by atoms with van der Waals surface area (Å²) in [6.07, 6.45) is 0. The molecule has 34 heavy (non-hydrogen) atoms. The summed E-state index contributed by atoms with van der Waals surface area (Å²) in [5.41, 5.74) is 2.22. The molecule has 0 saturated heterocycles. The number of carbonyl (C=O) groups excluding carboxylic acids is 1. The first kappa shape index (κ1) is 23.4. The van der Waals surface area contributed by atoms with Gasteiger partial charge in [0.15, 0.2) is 11.5 Å². The van der Waals surface area contributed by atoms with E-state index < -0.39 is 15.9 Å². The highest BCUT2D eigenvalue weighted by Crippen LogP contribution is 2.33. The molecule has 1 aliphatic rings. The van der Waals surface area contributed by atoms with Crippen molar-refractivity contribution < 1.29 is 27.4 Å². The fourth-order valence-corrected chi connectivity index (χ4v) is 4.80. The maximum Gasteiger partial charge on any atom is 0.262 e. The third-order valence-corrected chi connectivity index (χ3v) is 6.80. The van der Waals surface area contributed by atoms with E-state index in [0.29, 0.717) is 30.5 Å². The molecule has 0 radical (unpaired) electrons. The Morgan fingerprint density at radius 1 is 1.00 bits per heavy atom. The second kappa shape index (κ2) is 9.64. The predicted octanol–water partition coefficient (Wildman–Crippen LogP) is 4.07. The number of hydrogen-bond donors (Lipinski definition) is 2. The topological polar surface area (TPSA) is 103 Å². The number of anilines is 1. The van der Waals surface area contributed by atoms with Gasteiger partial charge >= 0.3 is 0 Å². The van der Waals surface area contributed by atoms with Crippen LogP contribution in [0.5, 0.6) is 17.2 Å². The molecule has 0 aliphatic carbocycles. The third-order valence-electron chi connectivity index (χ3n) is 5.44. The lowest BCUT2D eigenvalue weighted by Gasteiger charge is -2.20. The van der Waals surface area contributed by atoms with Crippen molar-refractivity contribution in [3.63, 3.8) is 0 Å². The summed E-state index contributed by atoms with van der Waals surface area (Å²) in [7, 11) is -2.41. The first-order valence-electron chi connectivity index (χ1n) is 10.8. The summed E-state index contributed by atoms with van der Waals surface area (Å²) in [4.78, 5) is 13.1. The van der Waals surface area contributed by atoms with Crippen molar-refractivity contribution in [1.82, 2.24) is 5.32 Å². The Morgan fingerprint density at radius 3 is 2.50 bits per heavy atom. The maximum atomic E-state index is 13.1. The molecule has 1 amide bonds. The van der Waals surface area contributed by atoms with E-state index in [9.17, 15) is 13.2 Å². The van der Waals surface area contributed by atoms with Gasteiger partial charge in [0, 0.05) is 11.6 Å². The second-order valence-corrected chi connectivity index (χ2v) is 9.58. The van der Waals surface area contributed by atoms with Crippen LogP contribution in [0, 0.1) is 6.92 Å². The van der Waals surface area contributed by atoms with E-state index >= 15 is 0 Å². The summed E-state index contributed by atoms with van der Waals surface area (Å²) in [6, 6.07) is 16.2. The Balaban J connectivity index is 1.57. The van der Waals surface area contributed by atoms with Gasteiger partial charge < -0.3 is 19.5 Å². The van der Waals surface area contributed by atoms with Crippen LogP contribution in [-0.4, -0.2) is 34.6 Å². The van der Waals surface area contributed by atoms with Gasteiger partial charge in [-0.05, 0) is 44.2 Å². The predicted molar refractivity (Wildman–Crippen MR) is 128 cm³/mol. The van der Waals surface area contributed by atoms with Gasteiger partial charge in [-0.15, -0.1) is 0 Å². The van der Waals surface area contributed by atoms with Gasteiger partial charge in [0.2, 0.25) is 0 Å². The molecule has 8 nitrogen and oxygen atoms in total. The van der Waals surface area contributed by atoms with E-state index in [-0.39, 0.29) is 22.2 Å². The van der Waals surface area contributed by atoms with Gasteiger partial charge in [-0.25, -0.2) is 8.42 Å². The Hall–Kier alpha value is -3.72. The lowest BCUT2D eigenvalue weighted by Crippen LogP contribution is -2.28. The van der Waals surface area contributed by atoms with Crippen LogP contribution >= 0.6 is 0 Å². The molecule has 178 valence electrons. The molecule has 1 heterocycles. The second-order valence-electron chi connectivity index (χ2n) is 7.90. The van der Waals surface area contributed by atoms with Crippen LogP contribution in [0.15, 0.2) is 65.6 Å². The average molecular weight is 483 g/mol. The largest absolute Gasteiger partial charge is 0.496 e. The molecule has 1 unspecified atom stereocenters. The van der Waals surface area contributed by atoms with Crippen LogP contribution < -0.4 is 24.2 Å². The summed E-state index contributed by atoms with van der Waals surface area (Å²) < 4.78 is 45.0. The van der Waals surface area contributed by atoms with Crippen molar-refractivity contribution in [3.05, 3.63) is 77.4 Å². The molecule has 3 aromatic carbocycles. The normalized spacial score (nSPS) is 13.6. The highest BCUT2D eigenvalue weighted by molar-refractivity contribution is 7.92. The van der Waals surface area contributed by atoms with Crippen molar-refractivity contribution in [2.75, 3.05) is 25.0 Å². The smallest absolute Gasteiger partial charge is 0.262 e. The Morgan fingerprint density at radius 2 is 1.74 bits per heavy atom. The lowest BCUT2D eigenvalue weighted by atomic mass is 10.0. The van der Waals surface area contributed by atoms with Crippen LogP contribution in [0.1, 0.15) is 34.5 Å². The van der Waals surface area contributed by atoms with Crippen molar-refractivity contribution in [3.8, 4) is 17.2 Å². The highest BCUT2D eigenvalue weighted by Gasteiger charge is 2.23. The quantitative estimate of drug-likeness (QED) is 0.526. The first-order chi connectivity index (χ1) is 16.3. The fraction of sp³-hybridized carbons (Fsp3) is 0.240. The number of nitrogens with one attached hydrogen (secondary N) is 2. The molecule has 4 rings (SSSR count). The number of ether oxygens (including phenoxy) is 3. The number of benzene rings is 3. The molecule has 2 N–H and O–H groups in total. The molecule has 1 aliphatic heterocycles. The zero-order valence-corrected chi connectivity index (χ0v) is 19.9. The number of para-hydroxylation sites is 1. The number of fused-ring (bicyclic) bond motifs is 1. The van der Waals surface area contributed by atoms with Crippen LogP contribution in [0.25, 0.3) is 0 Å². The standard InChI is InChI=1S/C25H26N2O6S/c1-16-8-10-22(31-3)20(14-16)17(2)26-25(28)19-6-4-5-7-21(19)27-34(29,30)18-9-11-23-24(15-18)33-13-12-32-23/h4-11,14-15,17,27H,12-13H2,1-3H3,(H,26,28). The zero-order valence-electron chi connectivity index (χ0n) is 19.1. The zero-order chi connectivity index (χ0) is 24.3. The van der Waals surface area contributed by atoms with E-state index in [4.69, 9.17) is 14.2 Å². The Kier molecular flexibility index (Phi) is 6.65. The molecular weight excluding hydrogens is 456 g/mol.